The molecule has 0 aromatic heterocycles. The lowest BCUT2D eigenvalue weighted by atomic mass is 9.94. The van der Waals surface area contributed by atoms with Gasteiger partial charge in [-0.05, 0) is 61.4 Å². The number of amides is 1. The Morgan fingerprint density at radius 2 is 1.81 bits per heavy atom. The van der Waals surface area contributed by atoms with Gasteiger partial charge < -0.3 is 15.2 Å². The van der Waals surface area contributed by atoms with Crippen LogP contribution in [0.5, 0.6) is 5.75 Å². The lowest BCUT2D eigenvalue weighted by Gasteiger charge is -2.29. The fourth-order valence-electron chi connectivity index (χ4n) is 2.83. The molecular weight excluding hydrogens is 337 g/mol. The van der Waals surface area contributed by atoms with Crippen LogP contribution in [0.25, 0.3) is 17.2 Å². The fraction of sp³-hybridized carbons (Fsp3) is 0.200. The molecule has 2 aromatic rings. The standard InChI is InChI=1S/C20H18FNO4/c1-20(2)5-4-11-6-13(10-16(19(24)25)17(11)26-20)12-7-14(18(23)22-3)9-15(21)8-12/h4-10H,1-3H3,(H,22,23)(H,24,25). The van der Waals surface area contributed by atoms with Crippen LogP contribution in [-0.4, -0.2) is 29.6 Å². The normalized spacial score (nSPS) is 14.3. The molecule has 0 saturated heterocycles. The summed E-state index contributed by atoms with van der Waals surface area (Å²) in [4.78, 5) is 23.5. The van der Waals surface area contributed by atoms with E-state index in [0.717, 1.165) is 6.07 Å². The first-order valence-corrected chi connectivity index (χ1v) is 8.03. The molecule has 0 fully saturated rings. The summed E-state index contributed by atoms with van der Waals surface area (Å²) in [7, 11) is 1.46. The second-order valence-corrected chi connectivity index (χ2v) is 6.59. The highest BCUT2D eigenvalue weighted by molar-refractivity contribution is 5.97. The maximum Gasteiger partial charge on any atom is 0.339 e. The molecule has 0 unspecified atom stereocenters. The van der Waals surface area contributed by atoms with Crippen molar-refractivity contribution >= 4 is 18.0 Å². The van der Waals surface area contributed by atoms with Crippen LogP contribution in [0.3, 0.4) is 0 Å². The third-order valence-electron chi connectivity index (χ3n) is 4.10. The number of rotatable bonds is 3. The second kappa shape index (κ2) is 6.29. The molecule has 6 heteroatoms. The predicted octanol–water partition coefficient (Wildman–Crippen LogP) is 3.73. The lowest BCUT2D eigenvalue weighted by Crippen LogP contribution is -2.28. The van der Waals surface area contributed by atoms with Crippen molar-refractivity contribution < 1.29 is 23.8 Å². The van der Waals surface area contributed by atoms with E-state index < -0.39 is 23.3 Å². The maximum absolute atomic E-state index is 14.0. The topological polar surface area (TPSA) is 75.6 Å². The molecule has 0 bridgehead atoms. The number of ether oxygens (including phenoxy) is 1. The number of fused-ring (bicyclic) bond motifs is 1. The molecule has 1 amide bonds. The summed E-state index contributed by atoms with van der Waals surface area (Å²) in [5.74, 6) is -1.87. The number of halogens is 1. The molecule has 0 aliphatic carbocycles. The summed E-state index contributed by atoms with van der Waals surface area (Å²) in [5.41, 5.74) is 1.01. The van der Waals surface area contributed by atoms with E-state index in [1.165, 1.54) is 25.2 Å². The van der Waals surface area contributed by atoms with Crippen molar-refractivity contribution in [2.45, 2.75) is 19.4 Å². The van der Waals surface area contributed by atoms with Crippen molar-refractivity contribution in [1.29, 1.82) is 0 Å². The fourth-order valence-corrected chi connectivity index (χ4v) is 2.83. The molecule has 26 heavy (non-hydrogen) atoms. The number of hydrogen-bond donors (Lipinski definition) is 2. The summed E-state index contributed by atoms with van der Waals surface area (Å²) in [5, 5.41) is 12.0. The minimum atomic E-state index is -1.14. The van der Waals surface area contributed by atoms with E-state index in [4.69, 9.17) is 4.74 Å². The summed E-state index contributed by atoms with van der Waals surface area (Å²) < 4.78 is 19.8. The van der Waals surface area contributed by atoms with Gasteiger partial charge in [-0.1, -0.05) is 6.08 Å². The van der Waals surface area contributed by atoms with Crippen molar-refractivity contribution in [3.63, 3.8) is 0 Å². The number of carbonyl (C=O) groups is 2. The second-order valence-electron chi connectivity index (χ2n) is 6.59. The monoisotopic (exact) mass is 355 g/mol. The SMILES string of the molecule is CNC(=O)c1cc(F)cc(-c2cc3c(c(C(=O)O)c2)OC(C)(C)C=C3)c1. The number of carboxylic acids is 1. The van der Waals surface area contributed by atoms with E-state index in [-0.39, 0.29) is 16.9 Å². The van der Waals surface area contributed by atoms with Crippen LogP contribution in [0.15, 0.2) is 36.4 Å². The van der Waals surface area contributed by atoms with Crippen LogP contribution in [0.1, 0.15) is 40.1 Å². The van der Waals surface area contributed by atoms with Gasteiger partial charge in [0.15, 0.2) is 0 Å². The zero-order valence-corrected chi connectivity index (χ0v) is 14.6. The molecule has 1 aliphatic heterocycles. The van der Waals surface area contributed by atoms with Crippen LogP contribution in [0.2, 0.25) is 0 Å². The molecule has 0 atom stereocenters. The predicted molar refractivity (Wildman–Crippen MR) is 95.9 cm³/mol. The molecular formula is C20H18FNO4. The van der Waals surface area contributed by atoms with Crippen molar-refractivity contribution in [2.75, 3.05) is 7.05 Å². The number of carbonyl (C=O) groups excluding carboxylic acids is 1. The number of aromatic carboxylic acids is 1. The summed E-state index contributed by atoms with van der Waals surface area (Å²) >= 11 is 0. The van der Waals surface area contributed by atoms with Crippen LogP contribution in [0, 0.1) is 5.82 Å². The maximum atomic E-state index is 14.0. The molecule has 1 aliphatic rings. The Morgan fingerprint density at radius 3 is 2.46 bits per heavy atom. The Balaban J connectivity index is 2.19. The molecule has 2 aromatic carbocycles. The molecule has 5 nitrogen and oxygen atoms in total. The van der Waals surface area contributed by atoms with E-state index in [0.29, 0.717) is 16.7 Å². The number of hydrogen-bond acceptors (Lipinski definition) is 3. The average molecular weight is 355 g/mol. The zero-order chi connectivity index (χ0) is 19.1. The van der Waals surface area contributed by atoms with E-state index in [1.54, 1.807) is 12.1 Å². The molecule has 134 valence electrons. The van der Waals surface area contributed by atoms with E-state index in [2.05, 4.69) is 5.32 Å². The molecule has 0 saturated carbocycles. The molecule has 0 radical (unpaired) electrons. The van der Waals surface area contributed by atoms with Crippen LogP contribution < -0.4 is 10.1 Å². The Morgan fingerprint density at radius 1 is 1.12 bits per heavy atom. The Bertz CT molecular complexity index is 947. The summed E-state index contributed by atoms with van der Waals surface area (Å²) in [6, 6.07) is 7.06. The number of nitrogens with one attached hydrogen (secondary N) is 1. The largest absolute Gasteiger partial charge is 0.482 e. The Labute approximate surface area is 150 Å². The third kappa shape index (κ3) is 3.31. The van der Waals surface area contributed by atoms with Crippen LogP contribution in [-0.2, 0) is 0 Å². The van der Waals surface area contributed by atoms with E-state index in [1.807, 2.05) is 19.9 Å². The van der Waals surface area contributed by atoms with Crippen molar-refractivity contribution in [2.24, 2.45) is 0 Å². The van der Waals surface area contributed by atoms with Crippen molar-refractivity contribution in [3.05, 3.63) is 58.9 Å². The van der Waals surface area contributed by atoms with Gasteiger partial charge in [0.05, 0.1) is 0 Å². The quantitative estimate of drug-likeness (QED) is 0.880. The van der Waals surface area contributed by atoms with Gasteiger partial charge in [-0.25, -0.2) is 9.18 Å². The minimum Gasteiger partial charge on any atom is -0.482 e. The first kappa shape index (κ1) is 17.7. The van der Waals surface area contributed by atoms with Crippen molar-refractivity contribution in [3.8, 4) is 16.9 Å². The van der Waals surface area contributed by atoms with Gasteiger partial charge in [0.25, 0.3) is 5.91 Å². The highest BCUT2D eigenvalue weighted by Crippen LogP contribution is 2.38. The van der Waals surface area contributed by atoms with Crippen molar-refractivity contribution in [1.82, 2.24) is 5.32 Å². The third-order valence-corrected chi connectivity index (χ3v) is 4.10. The van der Waals surface area contributed by atoms with Gasteiger partial charge in [0, 0.05) is 18.2 Å². The summed E-state index contributed by atoms with van der Waals surface area (Å²) in [6.45, 7) is 3.66. The number of carboxylic acid groups (broad SMARTS) is 1. The van der Waals surface area contributed by atoms with Gasteiger partial charge in [-0.3, -0.25) is 4.79 Å². The van der Waals surface area contributed by atoms with Gasteiger partial charge in [0.2, 0.25) is 0 Å². The van der Waals surface area contributed by atoms with Gasteiger partial charge in [-0.2, -0.15) is 0 Å². The Kier molecular flexibility index (Phi) is 4.28. The minimum absolute atomic E-state index is 0.0133. The van der Waals surface area contributed by atoms with Crippen LogP contribution >= 0.6 is 0 Å². The lowest BCUT2D eigenvalue weighted by molar-refractivity contribution is 0.0685. The van der Waals surface area contributed by atoms with E-state index >= 15 is 0 Å². The Hall–Kier alpha value is -3.15. The van der Waals surface area contributed by atoms with Crippen LogP contribution in [0.4, 0.5) is 4.39 Å². The van der Waals surface area contributed by atoms with E-state index in [9.17, 15) is 19.1 Å². The smallest absolute Gasteiger partial charge is 0.339 e. The van der Waals surface area contributed by atoms with Gasteiger partial charge >= 0.3 is 5.97 Å². The van der Waals surface area contributed by atoms with Gasteiger partial charge in [-0.15, -0.1) is 0 Å². The first-order chi connectivity index (χ1) is 12.2. The number of benzene rings is 2. The first-order valence-electron chi connectivity index (χ1n) is 8.03. The average Bonchev–Trinajstić information content (AvgIpc) is 2.58. The zero-order valence-electron chi connectivity index (χ0n) is 14.6. The highest BCUT2D eigenvalue weighted by Gasteiger charge is 2.27. The molecule has 1 heterocycles. The summed E-state index contributed by atoms with van der Waals surface area (Å²) in [6.07, 6.45) is 3.61. The molecule has 0 spiro atoms. The molecule has 3 rings (SSSR count). The highest BCUT2D eigenvalue weighted by atomic mass is 19.1. The van der Waals surface area contributed by atoms with Gasteiger partial charge in [0.1, 0.15) is 22.7 Å². The molecule has 2 N–H and O–H groups in total.